The van der Waals surface area contributed by atoms with Crippen molar-refractivity contribution >= 4 is 34.8 Å². The summed E-state index contributed by atoms with van der Waals surface area (Å²) in [4.78, 5) is 49.2. The van der Waals surface area contributed by atoms with Gasteiger partial charge in [0.1, 0.15) is 11.5 Å². The molecule has 5 aromatic rings. The molecule has 5 atom stereocenters. The van der Waals surface area contributed by atoms with E-state index in [1.165, 1.54) is 0 Å². The first kappa shape index (κ1) is 38.5. The largest absolute Gasteiger partial charge is 0.497 e. The number of ether oxygens (including phenoxy) is 3. The molecule has 1 N–H and O–H groups in total. The average molecular weight is 792 g/mol. The average Bonchev–Trinajstić information content (AvgIpc) is 3.68. The maximum absolute atomic E-state index is 15.6. The van der Waals surface area contributed by atoms with Gasteiger partial charge in [-0.15, -0.1) is 0 Å². The van der Waals surface area contributed by atoms with Crippen LogP contribution in [0.15, 0.2) is 121 Å². The monoisotopic (exact) mass is 791 g/mol. The second-order valence-electron chi connectivity index (χ2n) is 16.8. The molecule has 1 saturated heterocycles. The fourth-order valence-corrected chi connectivity index (χ4v) is 10.3. The van der Waals surface area contributed by atoms with Gasteiger partial charge in [-0.05, 0) is 76.6 Å². The van der Waals surface area contributed by atoms with Gasteiger partial charge in [0.25, 0.3) is 11.8 Å². The minimum absolute atomic E-state index is 0.00528. The number of nitrogens with zero attached hydrogens (tertiary/aromatic N) is 3. The Morgan fingerprint density at radius 2 is 1.59 bits per heavy atom. The number of benzene rings is 5. The maximum atomic E-state index is 15.6. The second-order valence-corrected chi connectivity index (χ2v) is 16.8. The standard InChI is InChI=1S/C49H49N3O7/c1-31-46(48(2,3)35-18-21-38(57-4)22-19-35)43(26-44(54)50-28-34-15-9-8-14-33(34)24-37(50)29-53)59-49(31)39-25-36(52-41-16-10-11-17-42(41)58-30-45(52)55)20-23-40(39)51(47(49)56)27-32-12-6-5-7-13-32/h5-23,25,31,37,43,46,53H,24,26-30H2,1-4H3/t31-,37-,43+,46-,49+/m0/s1. The van der Waals surface area contributed by atoms with E-state index in [1.807, 2.05) is 115 Å². The maximum Gasteiger partial charge on any atom is 0.269 e. The Kier molecular flexibility index (Phi) is 9.80. The molecule has 3 amide bonds. The van der Waals surface area contributed by atoms with Gasteiger partial charge in [0.2, 0.25) is 5.91 Å². The van der Waals surface area contributed by atoms with Crippen LogP contribution in [0.2, 0.25) is 0 Å². The van der Waals surface area contributed by atoms with Gasteiger partial charge in [-0.25, -0.2) is 0 Å². The molecule has 10 heteroatoms. The Morgan fingerprint density at radius 3 is 2.34 bits per heavy atom. The summed E-state index contributed by atoms with van der Waals surface area (Å²) >= 11 is 0. The summed E-state index contributed by atoms with van der Waals surface area (Å²) < 4.78 is 18.7. The summed E-state index contributed by atoms with van der Waals surface area (Å²) in [7, 11) is 1.64. The van der Waals surface area contributed by atoms with Crippen molar-refractivity contribution in [3.63, 3.8) is 0 Å². The molecule has 4 heterocycles. The number of fused-ring (bicyclic) bond motifs is 4. The van der Waals surface area contributed by atoms with Crippen molar-refractivity contribution in [2.75, 3.05) is 30.1 Å². The lowest BCUT2D eigenvalue weighted by Gasteiger charge is -2.40. The molecule has 0 bridgehead atoms. The number of amides is 3. The number of aliphatic hydroxyl groups is 1. The van der Waals surface area contributed by atoms with Crippen molar-refractivity contribution in [2.45, 2.75) is 69.9 Å². The fourth-order valence-electron chi connectivity index (χ4n) is 10.3. The van der Waals surface area contributed by atoms with Gasteiger partial charge in [-0.3, -0.25) is 19.3 Å². The van der Waals surface area contributed by atoms with Crippen molar-refractivity contribution in [1.82, 2.24) is 4.90 Å². The lowest BCUT2D eigenvalue weighted by Crippen LogP contribution is -2.48. The first-order valence-corrected chi connectivity index (χ1v) is 20.4. The molecule has 0 radical (unpaired) electrons. The third kappa shape index (κ3) is 6.37. The number of hydrogen-bond acceptors (Lipinski definition) is 7. The molecule has 4 aliphatic rings. The number of carbonyl (C=O) groups is 3. The summed E-state index contributed by atoms with van der Waals surface area (Å²) in [6.07, 6.45) is -0.142. The molecule has 4 aliphatic heterocycles. The van der Waals surface area contributed by atoms with Crippen LogP contribution in [0.3, 0.4) is 0 Å². The highest BCUT2D eigenvalue weighted by atomic mass is 16.5. The number of aliphatic hydroxyl groups excluding tert-OH is 1. The minimum atomic E-state index is -1.50. The summed E-state index contributed by atoms with van der Waals surface area (Å²) in [5.74, 6) is -0.0367. The Morgan fingerprint density at radius 1 is 0.881 bits per heavy atom. The summed E-state index contributed by atoms with van der Waals surface area (Å²) in [6, 6.07) is 38.7. The van der Waals surface area contributed by atoms with Crippen LogP contribution >= 0.6 is 0 Å². The van der Waals surface area contributed by atoms with E-state index in [2.05, 4.69) is 26.8 Å². The molecule has 302 valence electrons. The third-order valence-electron chi connectivity index (χ3n) is 13.2. The van der Waals surface area contributed by atoms with Gasteiger partial charge >= 0.3 is 0 Å². The van der Waals surface area contributed by atoms with Crippen molar-refractivity contribution in [2.24, 2.45) is 11.8 Å². The molecule has 0 saturated carbocycles. The molecular weight excluding hydrogens is 743 g/mol. The quantitative estimate of drug-likeness (QED) is 0.165. The van der Waals surface area contributed by atoms with E-state index in [9.17, 15) is 14.7 Å². The van der Waals surface area contributed by atoms with Gasteiger partial charge in [0.15, 0.2) is 12.2 Å². The Labute approximate surface area is 344 Å². The topological polar surface area (TPSA) is 109 Å². The van der Waals surface area contributed by atoms with E-state index in [-0.39, 0.29) is 49.3 Å². The molecule has 1 spiro atoms. The molecular formula is C49H49N3O7. The molecule has 10 nitrogen and oxygen atoms in total. The van der Waals surface area contributed by atoms with Gasteiger partial charge in [0.05, 0.1) is 50.2 Å². The van der Waals surface area contributed by atoms with E-state index < -0.39 is 23.0 Å². The highest BCUT2D eigenvalue weighted by Crippen LogP contribution is 2.60. The molecule has 0 aliphatic carbocycles. The lowest BCUT2D eigenvalue weighted by molar-refractivity contribution is -0.151. The van der Waals surface area contributed by atoms with Crippen molar-refractivity contribution in [3.8, 4) is 11.5 Å². The van der Waals surface area contributed by atoms with Crippen LogP contribution in [0.5, 0.6) is 11.5 Å². The number of anilines is 3. The van der Waals surface area contributed by atoms with Gasteiger partial charge in [-0.2, -0.15) is 0 Å². The molecule has 5 aromatic carbocycles. The number of methoxy groups -OCH3 is 1. The Hall–Kier alpha value is -5.97. The highest BCUT2D eigenvalue weighted by Gasteiger charge is 2.66. The highest BCUT2D eigenvalue weighted by molar-refractivity contribution is 6.09. The zero-order valence-corrected chi connectivity index (χ0v) is 33.8. The van der Waals surface area contributed by atoms with Crippen LogP contribution in [0.25, 0.3) is 0 Å². The van der Waals surface area contributed by atoms with Crippen molar-refractivity contribution < 1.29 is 33.7 Å². The molecule has 0 aromatic heterocycles. The molecule has 1 fully saturated rings. The Balaban J connectivity index is 1.18. The van der Waals surface area contributed by atoms with E-state index in [0.29, 0.717) is 47.9 Å². The SMILES string of the molecule is COc1ccc(C(C)(C)[C@@H]2[C@@H](CC(=O)N3Cc4ccccc4C[C@H]3CO)O[C@]3(C(=O)N(Cc4ccccc4)c4ccc(N5C(=O)COc6ccccc65)cc43)[C@H]2C)cc1. The van der Waals surface area contributed by atoms with Gasteiger partial charge in [-0.1, -0.05) is 99.6 Å². The van der Waals surface area contributed by atoms with Gasteiger partial charge < -0.3 is 29.1 Å². The predicted octanol–water partition coefficient (Wildman–Crippen LogP) is 7.46. The van der Waals surface area contributed by atoms with E-state index >= 15 is 4.79 Å². The first-order chi connectivity index (χ1) is 28.5. The zero-order valence-electron chi connectivity index (χ0n) is 33.8. The van der Waals surface area contributed by atoms with E-state index in [0.717, 1.165) is 28.0 Å². The molecule has 0 unspecified atom stereocenters. The van der Waals surface area contributed by atoms with E-state index in [4.69, 9.17) is 14.2 Å². The van der Waals surface area contributed by atoms with Crippen LogP contribution in [0.4, 0.5) is 17.1 Å². The second kappa shape index (κ2) is 15.0. The normalized spacial score (nSPS) is 23.5. The zero-order chi connectivity index (χ0) is 41.1. The Bertz CT molecular complexity index is 2420. The smallest absolute Gasteiger partial charge is 0.269 e. The predicted molar refractivity (Wildman–Crippen MR) is 225 cm³/mol. The first-order valence-electron chi connectivity index (χ1n) is 20.4. The van der Waals surface area contributed by atoms with Crippen LogP contribution in [0, 0.1) is 11.8 Å². The number of para-hydroxylation sites is 2. The van der Waals surface area contributed by atoms with Crippen LogP contribution < -0.4 is 19.3 Å². The third-order valence-corrected chi connectivity index (χ3v) is 13.2. The summed E-state index contributed by atoms with van der Waals surface area (Å²) in [5.41, 5.74) is 4.62. The van der Waals surface area contributed by atoms with Crippen molar-refractivity contribution in [1.29, 1.82) is 0 Å². The lowest BCUT2D eigenvalue weighted by atomic mass is 9.63. The number of carbonyl (C=O) groups excluding carboxylic acids is 3. The summed E-state index contributed by atoms with van der Waals surface area (Å²) in [6.45, 7) is 6.79. The molecule has 59 heavy (non-hydrogen) atoms. The minimum Gasteiger partial charge on any atom is -0.497 e. The molecule has 9 rings (SSSR count). The number of rotatable bonds is 9. The number of hydrogen-bond donors (Lipinski definition) is 1. The fraction of sp³-hybridized carbons (Fsp3) is 0.327. The van der Waals surface area contributed by atoms with E-state index in [1.54, 1.807) is 21.8 Å². The van der Waals surface area contributed by atoms with Gasteiger partial charge in [0, 0.05) is 29.6 Å². The van der Waals surface area contributed by atoms with Crippen molar-refractivity contribution in [3.05, 3.63) is 149 Å². The van der Waals surface area contributed by atoms with Crippen LogP contribution in [-0.4, -0.2) is 60.2 Å². The van der Waals surface area contributed by atoms with Crippen LogP contribution in [-0.2, 0) is 49.6 Å². The van der Waals surface area contributed by atoms with Crippen LogP contribution in [0.1, 0.15) is 55.0 Å². The summed E-state index contributed by atoms with van der Waals surface area (Å²) in [5, 5.41) is 10.6.